The Kier molecular flexibility index (Phi) is 3.70. The van der Waals surface area contributed by atoms with Crippen LogP contribution in [0.4, 0.5) is 0 Å². The molecule has 3 nitrogen and oxygen atoms in total. The highest BCUT2D eigenvalue weighted by Gasteiger charge is 2.15. The van der Waals surface area contributed by atoms with Crippen molar-refractivity contribution in [1.29, 1.82) is 0 Å². The monoisotopic (exact) mass is 226 g/mol. The van der Waals surface area contributed by atoms with Crippen LogP contribution in [-0.2, 0) is 6.54 Å². The molecule has 15 heavy (non-hydrogen) atoms. The Morgan fingerprint density at radius 1 is 1.53 bits per heavy atom. The highest BCUT2D eigenvalue weighted by molar-refractivity contribution is 7.99. The van der Waals surface area contributed by atoms with Crippen LogP contribution >= 0.6 is 11.8 Å². The average molecular weight is 226 g/mol. The normalized spacial score (nSPS) is 21.9. The van der Waals surface area contributed by atoms with Crippen molar-refractivity contribution in [3.05, 3.63) is 17.0 Å². The van der Waals surface area contributed by atoms with Crippen molar-refractivity contribution in [1.82, 2.24) is 10.5 Å². The molecule has 0 aliphatic carbocycles. The first kappa shape index (κ1) is 11.0. The summed E-state index contributed by atoms with van der Waals surface area (Å²) in [5.41, 5.74) is 2.24. The molecule has 1 saturated heterocycles. The van der Waals surface area contributed by atoms with Gasteiger partial charge in [-0.25, -0.2) is 0 Å². The third-order valence-corrected chi connectivity index (χ3v) is 4.12. The van der Waals surface area contributed by atoms with Crippen LogP contribution in [0.2, 0.25) is 0 Å². The molecule has 1 aromatic heterocycles. The Morgan fingerprint density at radius 2 is 2.40 bits per heavy atom. The molecule has 4 heteroatoms. The fraction of sp³-hybridized carbons (Fsp3) is 0.727. The van der Waals surface area contributed by atoms with Gasteiger partial charge in [0.1, 0.15) is 5.76 Å². The van der Waals surface area contributed by atoms with E-state index in [2.05, 4.69) is 10.5 Å². The number of rotatable bonds is 3. The summed E-state index contributed by atoms with van der Waals surface area (Å²) in [6.07, 6.45) is 2.64. The van der Waals surface area contributed by atoms with E-state index in [1.807, 2.05) is 25.6 Å². The molecule has 2 heterocycles. The van der Waals surface area contributed by atoms with Crippen LogP contribution in [0.1, 0.15) is 29.9 Å². The molecule has 1 aromatic rings. The van der Waals surface area contributed by atoms with Gasteiger partial charge < -0.3 is 9.84 Å². The first-order chi connectivity index (χ1) is 7.27. The standard InChI is InChI=1S/C11H18N2OS/c1-8-11(9(2)14-13-8)6-12-10-4-3-5-15-7-10/h10,12H,3-7H2,1-2H3/t10-/m0/s1. The van der Waals surface area contributed by atoms with Gasteiger partial charge in [0.25, 0.3) is 0 Å². The lowest BCUT2D eigenvalue weighted by Gasteiger charge is -2.22. The second-order valence-electron chi connectivity index (χ2n) is 4.10. The predicted octanol–water partition coefficient (Wildman–Crippen LogP) is 2.28. The van der Waals surface area contributed by atoms with Gasteiger partial charge >= 0.3 is 0 Å². The minimum Gasteiger partial charge on any atom is -0.361 e. The number of aromatic nitrogens is 1. The van der Waals surface area contributed by atoms with Crippen molar-refractivity contribution in [2.75, 3.05) is 11.5 Å². The first-order valence-electron chi connectivity index (χ1n) is 5.50. The summed E-state index contributed by atoms with van der Waals surface area (Å²) in [5.74, 6) is 3.51. The van der Waals surface area contributed by atoms with Crippen LogP contribution in [0.3, 0.4) is 0 Å². The van der Waals surface area contributed by atoms with Crippen LogP contribution in [-0.4, -0.2) is 22.7 Å². The third kappa shape index (κ3) is 2.75. The zero-order chi connectivity index (χ0) is 10.7. The van der Waals surface area contributed by atoms with Crippen molar-refractivity contribution < 1.29 is 4.52 Å². The molecule has 0 saturated carbocycles. The van der Waals surface area contributed by atoms with E-state index in [0.717, 1.165) is 18.0 Å². The minimum atomic E-state index is 0.664. The summed E-state index contributed by atoms with van der Waals surface area (Å²) in [6, 6.07) is 0.664. The Labute approximate surface area is 95.0 Å². The summed E-state index contributed by atoms with van der Waals surface area (Å²) in [6.45, 7) is 4.88. The van der Waals surface area contributed by atoms with Gasteiger partial charge in [0.05, 0.1) is 5.69 Å². The Bertz CT molecular complexity index is 299. The fourth-order valence-corrected chi connectivity index (χ4v) is 3.01. The molecule has 0 spiro atoms. The molecule has 1 N–H and O–H groups in total. The Hall–Kier alpha value is -0.480. The number of thioether (sulfide) groups is 1. The zero-order valence-electron chi connectivity index (χ0n) is 9.38. The molecule has 1 aliphatic rings. The minimum absolute atomic E-state index is 0.664. The molecular weight excluding hydrogens is 208 g/mol. The molecule has 0 aromatic carbocycles. The third-order valence-electron chi connectivity index (χ3n) is 2.91. The van der Waals surface area contributed by atoms with Crippen LogP contribution in [0.15, 0.2) is 4.52 Å². The zero-order valence-corrected chi connectivity index (χ0v) is 10.2. The van der Waals surface area contributed by atoms with Gasteiger partial charge in [0.2, 0.25) is 0 Å². The van der Waals surface area contributed by atoms with Crippen molar-refractivity contribution in [2.24, 2.45) is 0 Å². The maximum atomic E-state index is 5.14. The number of aryl methyl sites for hydroxylation is 2. The number of hydrogen-bond donors (Lipinski definition) is 1. The Balaban J connectivity index is 1.87. The molecule has 0 radical (unpaired) electrons. The van der Waals surface area contributed by atoms with Crippen molar-refractivity contribution >= 4 is 11.8 Å². The molecule has 1 fully saturated rings. The van der Waals surface area contributed by atoms with E-state index in [1.165, 1.54) is 29.9 Å². The molecule has 0 amide bonds. The van der Waals surface area contributed by atoms with Gasteiger partial charge in [-0.3, -0.25) is 0 Å². The lowest BCUT2D eigenvalue weighted by Crippen LogP contribution is -2.33. The molecule has 2 rings (SSSR count). The molecule has 0 bridgehead atoms. The first-order valence-corrected chi connectivity index (χ1v) is 6.65. The summed E-state index contributed by atoms with van der Waals surface area (Å²) >= 11 is 2.05. The van der Waals surface area contributed by atoms with Crippen LogP contribution < -0.4 is 5.32 Å². The maximum absolute atomic E-state index is 5.14. The number of nitrogens with one attached hydrogen (secondary N) is 1. The maximum Gasteiger partial charge on any atom is 0.138 e. The second kappa shape index (κ2) is 5.03. The smallest absolute Gasteiger partial charge is 0.138 e. The van der Waals surface area contributed by atoms with Crippen LogP contribution in [0.5, 0.6) is 0 Å². The lowest BCUT2D eigenvalue weighted by molar-refractivity contribution is 0.391. The van der Waals surface area contributed by atoms with Gasteiger partial charge in [-0.05, 0) is 32.4 Å². The van der Waals surface area contributed by atoms with E-state index < -0.39 is 0 Å². The van der Waals surface area contributed by atoms with Crippen molar-refractivity contribution in [3.63, 3.8) is 0 Å². The molecule has 0 unspecified atom stereocenters. The highest BCUT2D eigenvalue weighted by Crippen LogP contribution is 2.18. The quantitative estimate of drug-likeness (QED) is 0.858. The van der Waals surface area contributed by atoms with Crippen LogP contribution in [0.25, 0.3) is 0 Å². The fourth-order valence-electron chi connectivity index (χ4n) is 1.90. The summed E-state index contributed by atoms with van der Waals surface area (Å²) in [5, 5.41) is 7.54. The molecular formula is C11H18N2OS. The highest BCUT2D eigenvalue weighted by atomic mass is 32.2. The van der Waals surface area contributed by atoms with Gasteiger partial charge in [-0.1, -0.05) is 5.16 Å². The summed E-state index contributed by atoms with van der Waals surface area (Å²) in [7, 11) is 0. The lowest BCUT2D eigenvalue weighted by atomic mass is 10.1. The predicted molar refractivity (Wildman–Crippen MR) is 63.2 cm³/mol. The second-order valence-corrected chi connectivity index (χ2v) is 5.25. The van der Waals surface area contributed by atoms with E-state index in [0.29, 0.717) is 6.04 Å². The van der Waals surface area contributed by atoms with E-state index in [-0.39, 0.29) is 0 Å². The van der Waals surface area contributed by atoms with E-state index in [4.69, 9.17) is 4.52 Å². The van der Waals surface area contributed by atoms with Gasteiger partial charge in [-0.2, -0.15) is 11.8 Å². The van der Waals surface area contributed by atoms with E-state index in [9.17, 15) is 0 Å². The van der Waals surface area contributed by atoms with Gasteiger partial charge in [0, 0.05) is 23.9 Å². The summed E-state index contributed by atoms with van der Waals surface area (Å²) in [4.78, 5) is 0. The summed E-state index contributed by atoms with van der Waals surface area (Å²) < 4.78 is 5.14. The molecule has 1 aliphatic heterocycles. The van der Waals surface area contributed by atoms with Gasteiger partial charge in [-0.15, -0.1) is 0 Å². The largest absolute Gasteiger partial charge is 0.361 e. The van der Waals surface area contributed by atoms with Crippen molar-refractivity contribution in [2.45, 2.75) is 39.3 Å². The van der Waals surface area contributed by atoms with E-state index >= 15 is 0 Å². The SMILES string of the molecule is Cc1noc(C)c1CN[C@H]1CCCSC1. The van der Waals surface area contributed by atoms with E-state index in [1.54, 1.807) is 0 Å². The number of nitrogens with zero attached hydrogens (tertiary/aromatic N) is 1. The van der Waals surface area contributed by atoms with Gasteiger partial charge in [0.15, 0.2) is 0 Å². The van der Waals surface area contributed by atoms with Crippen LogP contribution in [0, 0.1) is 13.8 Å². The topological polar surface area (TPSA) is 38.1 Å². The van der Waals surface area contributed by atoms with Crippen molar-refractivity contribution in [3.8, 4) is 0 Å². The Morgan fingerprint density at radius 3 is 3.00 bits per heavy atom. The molecule has 84 valence electrons. The average Bonchev–Trinajstić information content (AvgIpc) is 2.58. The molecule has 1 atom stereocenters. The number of hydrogen-bond acceptors (Lipinski definition) is 4.